The van der Waals surface area contributed by atoms with Gasteiger partial charge in [0.2, 0.25) is 0 Å². The average molecular weight is 951 g/mol. The molecule has 0 aliphatic heterocycles. The summed E-state index contributed by atoms with van der Waals surface area (Å²) < 4.78 is 2.36. The van der Waals surface area contributed by atoms with E-state index in [-0.39, 0.29) is 0 Å². The number of hydrogen-bond donors (Lipinski definition) is 1. The number of fused-ring (bicyclic) bond motifs is 9. The summed E-state index contributed by atoms with van der Waals surface area (Å²) in [6.07, 6.45) is 2.27. The molecule has 0 N–H and O–H groups in total. The summed E-state index contributed by atoms with van der Waals surface area (Å²) in [5.41, 5.74) is 8.85. The smallest absolute Gasteiger partial charge is 0.0914 e. The molecule has 6 heterocycles. The fourth-order valence-electron chi connectivity index (χ4n) is 8.85. The predicted molar refractivity (Wildman–Crippen MR) is 245 cm³/mol. The highest BCUT2D eigenvalue weighted by Gasteiger charge is 2.54. The van der Waals surface area contributed by atoms with Crippen LogP contribution in [0.1, 0.15) is 66.8 Å². The van der Waals surface area contributed by atoms with Gasteiger partial charge in [0.1, 0.15) is 0 Å². The molecule has 0 nitrogen and oxygen atoms in total. The Hall–Kier alpha value is -1.44. The molecule has 0 amide bonds. The molecular weight excluding hydrogens is 921 g/mol. The van der Waals surface area contributed by atoms with Crippen molar-refractivity contribution in [3.63, 3.8) is 0 Å². The van der Waals surface area contributed by atoms with Crippen LogP contribution in [0.25, 0.3) is 31.7 Å². The van der Waals surface area contributed by atoms with Crippen LogP contribution in [0, 0.1) is 27.7 Å². The minimum atomic E-state index is -0.444. The number of benzene rings is 2. The Balaban J connectivity index is 1.47. The van der Waals surface area contributed by atoms with Gasteiger partial charge in [-0.2, -0.15) is 12.6 Å². The zero-order chi connectivity index (χ0) is 35.8. The van der Waals surface area contributed by atoms with Crippen LogP contribution < -0.4 is 0 Å². The van der Waals surface area contributed by atoms with E-state index >= 15 is 0 Å². The van der Waals surface area contributed by atoms with Gasteiger partial charge in [0.15, 0.2) is 0 Å². The number of hydrogen-bond acceptors (Lipinski definition) is 8. The summed E-state index contributed by atoms with van der Waals surface area (Å²) in [4.78, 5) is 15.0. The fourth-order valence-corrected chi connectivity index (χ4v) is 17.8. The van der Waals surface area contributed by atoms with Gasteiger partial charge in [0, 0.05) is 70.5 Å². The summed E-state index contributed by atoms with van der Waals surface area (Å²) in [5, 5.41) is 2.72. The highest BCUT2D eigenvalue weighted by atomic mass is 79.9. The van der Waals surface area contributed by atoms with Crippen molar-refractivity contribution < 1.29 is 0 Å². The average Bonchev–Trinajstić information content (AvgIpc) is 3.97. The van der Waals surface area contributed by atoms with E-state index in [2.05, 4.69) is 139 Å². The van der Waals surface area contributed by atoms with Crippen LogP contribution in [-0.4, -0.2) is 6.26 Å². The predicted octanol–water partition coefficient (Wildman–Crippen LogP) is 15.8. The summed E-state index contributed by atoms with van der Waals surface area (Å²) in [5.74, 6) is 0.659. The summed E-state index contributed by atoms with van der Waals surface area (Å²) in [6, 6.07) is 28.8. The first kappa shape index (κ1) is 35.0. The van der Waals surface area contributed by atoms with Gasteiger partial charge in [0.25, 0.3) is 0 Å². The molecule has 8 aromatic rings. The van der Waals surface area contributed by atoms with E-state index in [9.17, 15) is 0 Å². The Bertz CT molecular complexity index is 2490. The monoisotopic (exact) mass is 948 g/mol. The van der Waals surface area contributed by atoms with Crippen LogP contribution in [0.2, 0.25) is 0 Å². The Morgan fingerprint density at radius 2 is 0.962 bits per heavy atom. The van der Waals surface area contributed by atoms with Crippen LogP contribution in [-0.2, 0) is 16.6 Å². The molecule has 260 valence electrons. The first-order valence-electron chi connectivity index (χ1n) is 16.8. The van der Waals surface area contributed by atoms with E-state index < -0.39 is 10.8 Å². The van der Waals surface area contributed by atoms with Gasteiger partial charge in [-0.25, -0.2) is 0 Å². The van der Waals surface area contributed by atoms with Crippen molar-refractivity contribution in [2.24, 2.45) is 0 Å². The molecule has 2 aliphatic rings. The zero-order valence-electron chi connectivity index (χ0n) is 28.7. The van der Waals surface area contributed by atoms with Gasteiger partial charge in [-0.15, -0.1) is 79.8 Å². The van der Waals surface area contributed by atoms with Crippen LogP contribution in [0.15, 0.2) is 85.3 Å². The quantitative estimate of drug-likeness (QED) is 0.128. The second-order valence-electron chi connectivity index (χ2n) is 13.6. The molecule has 0 atom stereocenters. The van der Waals surface area contributed by atoms with E-state index in [1.807, 2.05) is 79.8 Å². The SMILES string of the molecule is CSc1cc2c3c(c(CS)cc2c2c1-c1sc(Br)cc1C2(c1ccc(C)s1)c1ccc(C)s1)-c1sc(Br)cc1C3(c1ccc(C)s1)c1ccc(C)s1. The Labute approximate surface area is 354 Å². The number of thiol groups is 1. The standard InChI is InChI=1S/C42H30Br2S8/c1-19-6-10-29(47-19)41(30-11-7-20(2)48-30)26-16-33(43)51-39(26)35-23(18-45)14-24-25(37(35)41)15-28(46-5)36-38(24)42(31-12-8-21(3)49-31,32-13-9-22(4)50-32)27-17-34(44)52-40(27)36/h6-17,45H,18H2,1-5H3. The molecule has 0 unspecified atom stereocenters. The Kier molecular flexibility index (Phi) is 8.44. The molecule has 10 rings (SSSR count). The van der Waals surface area contributed by atoms with Crippen molar-refractivity contribution in [2.45, 2.75) is 49.2 Å². The van der Waals surface area contributed by atoms with Crippen LogP contribution in [0.3, 0.4) is 0 Å². The van der Waals surface area contributed by atoms with E-state index in [1.54, 1.807) is 0 Å². The zero-order valence-corrected chi connectivity index (χ0v) is 38.5. The van der Waals surface area contributed by atoms with Gasteiger partial charge in [-0.3, -0.25) is 0 Å². The summed E-state index contributed by atoms with van der Waals surface area (Å²) in [7, 11) is 0. The van der Waals surface area contributed by atoms with Crippen molar-refractivity contribution in [1.82, 2.24) is 0 Å². The van der Waals surface area contributed by atoms with Crippen molar-refractivity contribution in [3.05, 3.63) is 147 Å². The molecule has 52 heavy (non-hydrogen) atoms. The van der Waals surface area contributed by atoms with Gasteiger partial charge < -0.3 is 0 Å². The second kappa shape index (κ2) is 12.5. The first-order chi connectivity index (χ1) is 25.1. The van der Waals surface area contributed by atoms with Gasteiger partial charge >= 0.3 is 0 Å². The van der Waals surface area contributed by atoms with E-state index in [0.717, 1.165) is 0 Å². The normalized spacial score (nSPS) is 15.0. The molecule has 0 radical (unpaired) electrons. The third-order valence-corrected chi connectivity index (χ3v) is 19.6. The maximum atomic E-state index is 5.15. The van der Waals surface area contributed by atoms with Gasteiger partial charge in [0.05, 0.1) is 18.4 Å². The minimum Gasteiger partial charge on any atom is -0.175 e. The van der Waals surface area contributed by atoms with E-state index in [0.29, 0.717) is 5.75 Å². The molecule has 0 spiro atoms. The maximum absolute atomic E-state index is 5.15. The summed E-state index contributed by atoms with van der Waals surface area (Å²) >= 11 is 26.5. The third kappa shape index (κ3) is 4.60. The largest absolute Gasteiger partial charge is 0.175 e. The third-order valence-electron chi connectivity index (χ3n) is 10.7. The molecule has 10 heteroatoms. The second-order valence-corrected chi connectivity index (χ2v) is 24.8. The molecule has 6 aromatic heterocycles. The maximum Gasteiger partial charge on any atom is 0.0914 e. The Morgan fingerprint density at radius 1 is 0.558 bits per heavy atom. The van der Waals surface area contributed by atoms with Crippen LogP contribution in [0.5, 0.6) is 0 Å². The highest BCUT2D eigenvalue weighted by molar-refractivity contribution is 9.11. The molecule has 0 saturated heterocycles. The molecule has 0 fully saturated rings. The first-order valence-corrected chi connectivity index (χ1v) is 25.2. The highest BCUT2D eigenvalue weighted by Crippen LogP contribution is 2.68. The Morgan fingerprint density at radius 3 is 1.35 bits per heavy atom. The lowest BCUT2D eigenvalue weighted by molar-refractivity contribution is 0.809. The molecule has 0 saturated carbocycles. The van der Waals surface area contributed by atoms with Gasteiger partial charge in [-0.1, -0.05) is 0 Å². The van der Waals surface area contributed by atoms with Crippen LogP contribution >= 0.6 is 124 Å². The van der Waals surface area contributed by atoms with Crippen molar-refractivity contribution in [2.75, 3.05) is 6.26 Å². The molecular formula is C42H30Br2S8. The number of thioether (sulfide) groups is 1. The fraction of sp³-hybridized carbons (Fsp3) is 0.190. The van der Waals surface area contributed by atoms with Crippen molar-refractivity contribution in [1.29, 1.82) is 0 Å². The van der Waals surface area contributed by atoms with Crippen LogP contribution in [0.4, 0.5) is 0 Å². The van der Waals surface area contributed by atoms with Crippen molar-refractivity contribution in [3.8, 4) is 20.9 Å². The number of rotatable bonds is 6. The minimum absolute atomic E-state index is 0.439. The van der Waals surface area contributed by atoms with Gasteiger partial charge in [-0.05, 0) is 177 Å². The number of aryl methyl sites for hydroxylation is 4. The van der Waals surface area contributed by atoms with E-state index in [1.165, 1.54) is 111 Å². The molecule has 2 aromatic carbocycles. The topological polar surface area (TPSA) is 0 Å². The van der Waals surface area contributed by atoms with E-state index in [4.69, 9.17) is 12.6 Å². The number of thiophene rings is 6. The van der Waals surface area contributed by atoms with Crippen molar-refractivity contribution >= 4 is 135 Å². The molecule has 0 bridgehead atoms. The lowest BCUT2D eigenvalue weighted by atomic mass is 9.70. The number of halogens is 2. The lowest BCUT2D eigenvalue weighted by Gasteiger charge is -2.34. The lowest BCUT2D eigenvalue weighted by Crippen LogP contribution is -2.28. The molecule has 2 aliphatic carbocycles. The summed E-state index contributed by atoms with van der Waals surface area (Å²) in [6.45, 7) is 9.00.